The van der Waals surface area contributed by atoms with Gasteiger partial charge >= 0.3 is 0 Å². The summed E-state index contributed by atoms with van der Waals surface area (Å²) < 4.78 is 0. The van der Waals surface area contributed by atoms with Crippen molar-refractivity contribution in [3.63, 3.8) is 0 Å². The third kappa shape index (κ3) is 2.53. The van der Waals surface area contributed by atoms with Crippen LogP contribution >= 0.6 is 0 Å². The van der Waals surface area contributed by atoms with E-state index in [0.717, 1.165) is 17.0 Å². The first-order chi connectivity index (χ1) is 13.7. The van der Waals surface area contributed by atoms with E-state index in [4.69, 9.17) is 0 Å². The normalized spacial score (nSPS) is 13.1. The standard InChI is InChI=1S/C19H12N4O6/c1-9-3-6-13(10(2)20-9)21-18(24)11-4-7-14(22(26)27)17-15(23(28)29)8-5-12(16(11)17)19(21)25/h3-8H,1-2H3. The minimum absolute atomic E-state index is 0.0242. The van der Waals surface area contributed by atoms with Gasteiger partial charge in [-0.15, -0.1) is 0 Å². The quantitative estimate of drug-likeness (QED) is 0.378. The summed E-state index contributed by atoms with van der Waals surface area (Å²) in [6.07, 6.45) is 0. The van der Waals surface area contributed by atoms with Crippen LogP contribution in [0.25, 0.3) is 10.8 Å². The summed E-state index contributed by atoms with van der Waals surface area (Å²) in [5.74, 6) is -1.45. The van der Waals surface area contributed by atoms with E-state index in [2.05, 4.69) is 4.98 Å². The van der Waals surface area contributed by atoms with Crippen molar-refractivity contribution in [2.45, 2.75) is 13.8 Å². The van der Waals surface area contributed by atoms with Crippen molar-refractivity contribution in [2.24, 2.45) is 0 Å². The first-order valence-electron chi connectivity index (χ1n) is 8.44. The molecule has 0 fully saturated rings. The molecule has 0 atom stereocenters. The van der Waals surface area contributed by atoms with Gasteiger partial charge in [-0.2, -0.15) is 0 Å². The molecule has 0 saturated heterocycles. The number of benzene rings is 2. The minimum atomic E-state index is -0.773. The molecule has 29 heavy (non-hydrogen) atoms. The molecule has 2 heterocycles. The molecular weight excluding hydrogens is 380 g/mol. The van der Waals surface area contributed by atoms with Gasteiger partial charge in [0.15, 0.2) is 0 Å². The van der Waals surface area contributed by atoms with E-state index in [9.17, 15) is 29.8 Å². The third-order valence-electron chi connectivity index (χ3n) is 4.82. The van der Waals surface area contributed by atoms with Gasteiger partial charge in [-0.25, -0.2) is 4.90 Å². The van der Waals surface area contributed by atoms with Gasteiger partial charge in [0.25, 0.3) is 23.2 Å². The molecule has 2 aromatic carbocycles. The lowest BCUT2D eigenvalue weighted by Crippen LogP contribution is -2.41. The van der Waals surface area contributed by atoms with Crippen molar-refractivity contribution >= 4 is 39.6 Å². The number of nitrogens with zero attached hydrogens (tertiary/aromatic N) is 4. The van der Waals surface area contributed by atoms with Crippen LogP contribution in [0.1, 0.15) is 32.1 Å². The van der Waals surface area contributed by atoms with E-state index in [1.165, 1.54) is 12.1 Å². The number of carbonyl (C=O) groups is 2. The Morgan fingerprint density at radius 2 is 1.31 bits per heavy atom. The van der Waals surface area contributed by atoms with Crippen molar-refractivity contribution in [3.05, 3.63) is 79.1 Å². The third-order valence-corrected chi connectivity index (χ3v) is 4.82. The molecule has 10 heteroatoms. The second kappa shape index (κ2) is 6.16. The Labute approximate surface area is 162 Å². The van der Waals surface area contributed by atoms with Crippen LogP contribution in [0.15, 0.2) is 36.4 Å². The molecule has 10 nitrogen and oxygen atoms in total. The van der Waals surface area contributed by atoms with Crippen LogP contribution in [0, 0.1) is 34.1 Å². The molecule has 0 unspecified atom stereocenters. The monoisotopic (exact) mass is 392 g/mol. The second-order valence-electron chi connectivity index (χ2n) is 6.53. The summed E-state index contributed by atoms with van der Waals surface area (Å²) in [5.41, 5.74) is 0.306. The van der Waals surface area contributed by atoms with Crippen LogP contribution in [0.5, 0.6) is 0 Å². The second-order valence-corrected chi connectivity index (χ2v) is 6.53. The number of aryl methyl sites for hydroxylation is 2. The highest BCUT2D eigenvalue weighted by Crippen LogP contribution is 2.41. The first-order valence-corrected chi connectivity index (χ1v) is 8.44. The van der Waals surface area contributed by atoms with Crippen LogP contribution in [-0.4, -0.2) is 26.6 Å². The number of aromatic nitrogens is 1. The Balaban J connectivity index is 2.07. The zero-order valence-electron chi connectivity index (χ0n) is 15.2. The van der Waals surface area contributed by atoms with Gasteiger partial charge in [-0.3, -0.25) is 34.8 Å². The van der Waals surface area contributed by atoms with E-state index >= 15 is 0 Å². The molecule has 0 saturated carbocycles. The Morgan fingerprint density at radius 1 is 0.793 bits per heavy atom. The van der Waals surface area contributed by atoms with Gasteiger partial charge < -0.3 is 0 Å². The average molecular weight is 392 g/mol. The molecule has 0 radical (unpaired) electrons. The van der Waals surface area contributed by atoms with Crippen molar-refractivity contribution in [2.75, 3.05) is 4.90 Å². The van der Waals surface area contributed by atoms with Crippen molar-refractivity contribution in [3.8, 4) is 0 Å². The highest BCUT2D eigenvalue weighted by Gasteiger charge is 2.39. The van der Waals surface area contributed by atoms with Gasteiger partial charge in [0.1, 0.15) is 5.39 Å². The number of hydrogen-bond donors (Lipinski definition) is 0. The SMILES string of the molecule is Cc1ccc(N2C(=O)c3ccc([N+](=O)[O-])c4c([N+](=O)[O-])ccc(c34)C2=O)c(C)n1. The number of nitro groups is 2. The summed E-state index contributed by atoms with van der Waals surface area (Å²) in [5, 5.41) is 22.5. The van der Waals surface area contributed by atoms with E-state index in [1.54, 1.807) is 26.0 Å². The van der Waals surface area contributed by atoms with Gasteiger partial charge in [0.05, 0.1) is 21.2 Å². The van der Waals surface area contributed by atoms with Crippen LogP contribution in [-0.2, 0) is 0 Å². The predicted molar refractivity (Wildman–Crippen MR) is 102 cm³/mol. The van der Waals surface area contributed by atoms with Crippen molar-refractivity contribution < 1.29 is 19.4 Å². The predicted octanol–water partition coefficient (Wildman–Crippen LogP) is 3.47. The van der Waals surface area contributed by atoms with Crippen molar-refractivity contribution in [1.29, 1.82) is 0 Å². The van der Waals surface area contributed by atoms with Gasteiger partial charge in [0.2, 0.25) is 0 Å². The summed E-state index contributed by atoms with van der Waals surface area (Å²) in [6.45, 7) is 3.42. The maximum absolute atomic E-state index is 13.2. The summed E-state index contributed by atoms with van der Waals surface area (Å²) in [6, 6.07) is 7.76. The summed E-state index contributed by atoms with van der Waals surface area (Å²) in [4.78, 5) is 52.8. The number of nitro benzene ring substituents is 2. The number of rotatable bonds is 3. The average Bonchev–Trinajstić information content (AvgIpc) is 2.66. The molecule has 1 aromatic heterocycles. The number of imide groups is 1. The number of amides is 2. The van der Waals surface area contributed by atoms with Crippen LogP contribution in [0.2, 0.25) is 0 Å². The largest absolute Gasteiger partial charge is 0.284 e. The maximum Gasteiger partial charge on any atom is 0.284 e. The number of pyridine rings is 1. The molecule has 4 rings (SSSR count). The highest BCUT2D eigenvalue weighted by atomic mass is 16.6. The molecule has 0 aliphatic carbocycles. The highest BCUT2D eigenvalue weighted by molar-refractivity contribution is 6.37. The van der Waals surface area contributed by atoms with E-state index in [1.807, 2.05) is 0 Å². The lowest BCUT2D eigenvalue weighted by molar-refractivity contribution is -0.390. The molecule has 2 amide bonds. The molecule has 0 N–H and O–H groups in total. The summed E-state index contributed by atoms with van der Waals surface area (Å²) in [7, 11) is 0. The van der Waals surface area contributed by atoms with Crippen LogP contribution in [0.4, 0.5) is 17.1 Å². The van der Waals surface area contributed by atoms with Crippen molar-refractivity contribution in [1.82, 2.24) is 4.98 Å². The molecule has 3 aromatic rings. The molecule has 144 valence electrons. The fourth-order valence-corrected chi connectivity index (χ4v) is 3.59. The zero-order chi connectivity index (χ0) is 21.0. The molecular formula is C19H12N4O6. The Morgan fingerprint density at radius 3 is 1.76 bits per heavy atom. The first kappa shape index (κ1) is 18.2. The number of anilines is 1. The lowest BCUT2D eigenvalue weighted by atomic mass is 9.91. The van der Waals surface area contributed by atoms with E-state index in [-0.39, 0.29) is 27.6 Å². The molecule has 0 spiro atoms. The Kier molecular flexibility index (Phi) is 3.86. The fourth-order valence-electron chi connectivity index (χ4n) is 3.59. The number of carbonyl (C=O) groups excluding carboxylic acids is 2. The van der Waals surface area contributed by atoms with Gasteiger partial charge in [0, 0.05) is 34.3 Å². The van der Waals surface area contributed by atoms with Gasteiger partial charge in [-0.1, -0.05) is 0 Å². The summed E-state index contributed by atoms with van der Waals surface area (Å²) >= 11 is 0. The Hall–Kier alpha value is -4.21. The van der Waals surface area contributed by atoms with E-state index in [0.29, 0.717) is 11.4 Å². The zero-order valence-corrected chi connectivity index (χ0v) is 15.2. The number of non-ortho nitro benzene ring substituents is 2. The molecule has 0 bridgehead atoms. The lowest BCUT2D eigenvalue weighted by Gasteiger charge is -2.27. The van der Waals surface area contributed by atoms with Crippen LogP contribution in [0.3, 0.4) is 0 Å². The smallest absolute Gasteiger partial charge is 0.268 e. The fraction of sp³-hybridized carbons (Fsp3) is 0.105. The molecule has 1 aliphatic rings. The number of hydrogen-bond acceptors (Lipinski definition) is 7. The van der Waals surface area contributed by atoms with E-state index < -0.39 is 33.0 Å². The molecule has 1 aliphatic heterocycles. The van der Waals surface area contributed by atoms with Crippen LogP contribution < -0.4 is 4.90 Å². The Bertz CT molecular complexity index is 1210. The minimum Gasteiger partial charge on any atom is -0.268 e. The maximum atomic E-state index is 13.2. The van der Waals surface area contributed by atoms with Gasteiger partial charge in [-0.05, 0) is 38.1 Å². The topological polar surface area (TPSA) is 137 Å².